The minimum Gasteiger partial charge on any atom is -0.493 e. The molecule has 4 atom stereocenters. The molecule has 0 saturated carbocycles. The van der Waals surface area contributed by atoms with E-state index in [4.69, 9.17) is 28.4 Å². The third kappa shape index (κ3) is 8.29. The molecule has 2 amide bonds. The van der Waals surface area contributed by atoms with Crippen molar-refractivity contribution in [1.29, 1.82) is 0 Å². The van der Waals surface area contributed by atoms with E-state index in [0.29, 0.717) is 52.3 Å². The number of nitrogens with zero attached hydrogens (tertiary/aromatic N) is 1. The van der Waals surface area contributed by atoms with Gasteiger partial charge in [-0.15, -0.1) is 0 Å². The lowest BCUT2D eigenvalue weighted by molar-refractivity contribution is -0.0683. The Balaban J connectivity index is 1.65. The fourth-order valence-electron chi connectivity index (χ4n) is 5.03. The van der Waals surface area contributed by atoms with E-state index >= 15 is 0 Å². The number of carbonyl (C=O) groups is 1. The van der Waals surface area contributed by atoms with Gasteiger partial charge in [0.2, 0.25) is 5.75 Å². The van der Waals surface area contributed by atoms with Crippen LogP contribution in [-0.2, 0) is 4.74 Å². The van der Waals surface area contributed by atoms with Crippen LogP contribution in [0.2, 0.25) is 0 Å². The van der Waals surface area contributed by atoms with Crippen molar-refractivity contribution in [2.24, 2.45) is 0 Å². The van der Waals surface area contributed by atoms with Gasteiger partial charge in [-0.3, -0.25) is 5.21 Å². The normalized spacial score (nSPS) is 17.3. The van der Waals surface area contributed by atoms with Gasteiger partial charge in [0, 0.05) is 9.37 Å². The quantitative estimate of drug-likeness (QED) is 0.0782. The van der Waals surface area contributed by atoms with Crippen molar-refractivity contribution < 1.29 is 38.4 Å². The number of halogens is 1. The van der Waals surface area contributed by atoms with Crippen LogP contribution >= 0.6 is 27.7 Å². The lowest BCUT2D eigenvalue weighted by Crippen LogP contribution is -2.38. The third-order valence-corrected chi connectivity index (χ3v) is 9.11. The number of amides is 2. The second kappa shape index (κ2) is 15.8. The van der Waals surface area contributed by atoms with E-state index in [-0.39, 0.29) is 23.7 Å². The van der Waals surface area contributed by atoms with Crippen LogP contribution in [0.5, 0.6) is 28.7 Å². The number of thioether (sulfide) groups is 1. The summed E-state index contributed by atoms with van der Waals surface area (Å²) >= 11 is 4.99. The molecule has 0 aromatic heterocycles. The van der Waals surface area contributed by atoms with E-state index in [9.17, 15) is 10.0 Å². The zero-order chi connectivity index (χ0) is 32.7. The molecule has 45 heavy (non-hydrogen) atoms. The second-order valence-electron chi connectivity index (χ2n) is 10.5. The minimum absolute atomic E-state index is 0.232. The Hall–Kier alpha value is -3.32. The van der Waals surface area contributed by atoms with Crippen LogP contribution in [0.25, 0.3) is 0 Å². The molecule has 4 rings (SSSR count). The molecule has 10 nitrogen and oxygen atoms in total. The maximum atomic E-state index is 13.1. The number of hydrogen-bond acceptors (Lipinski definition) is 9. The van der Waals surface area contributed by atoms with Crippen molar-refractivity contribution >= 4 is 39.4 Å². The van der Waals surface area contributed by atoms with Crippen molar-refractivity contribution in [2.45, 2.75) is 68.6 Å². The van der Waals surface area contributed by atoms with Crippen LogP contribution < -0.4 is 29.0 Å². The molecular formula is C33H41BrN2O8S. The molecule has 244 valence electrons. The predicted octanol–water partition coefficient (Wildman–Crippen LogP) is 8.62. The Labute approximate surface area is 277 Å². The van der Waals surface area contributed by atoms with Crippen molar-refractivity contribution in [2.75, 3.05) is 33.8 Å². The van der Waals surface area contributed by atoms with Crippen molar-refractivity contribution in [1.82, 2.24) is 5.06 Å². The maximum absolute atomic E-state index is 13.1. The van der Waals surface area contributed by atoms with E-state index < -0.39 is 6.03 Å². The molecule has 0 radical (unpaired) electrons. The zero-order valence-corrected chi connectivity index (χ0v) is 29.0. The molecule has 3 aromatic carbocycles. The van der Waals surface area contributed by atoms with E-state index in [2.05, 4.69) is 21.2 Å². The van der Waals surface area contributed by atoms with Gasteiger partial charge in [-0.05, 0) is 92.8 Å². The highest BCUT2D eigenvalue weighted by atomic mass is 79.9. The van der Waals surface area contributed by atoms with Crippen molar-refractivity contribution in [3.8, 4) is 28.7 Å². The molecule has 0 aliphatic carbocycles. The third-order valence-electron chi connectivity index (χ3n) is 7.60. The van der Waals surface area contributed by atoms with Crippen LogP contribution in [0.1, 0.15) is 63.4 Å². The number of benzene rings is 3. The van der Waals surface area contributed by atoms with Gasteiger partial charge >= 0.3 is 6.03 Å². The Kier molecular flexibility index (Phi) is 12.1. The predicted molar refractivity (Wildman–Crippen MR) is 177 cm³/mol. The SMILES string of the molecule is CCC(C)N(O)C(=O)Nc1cc(C2CCC(c3cc(OC)c(OC)c(OC)c3)O2)cc(OC)c1OC(C)Sc1ccc(Br)cc1. The Morgan fingerprint density at radius 3 is 1.98 bits per heavy atom. The van der Waals surface area contributed by atoms with E-state index in [1.807, 2.05) is 62.4 Å². The van der Waals surface area contributed by atoms with Crippen molar-refractivity contribution in [3.63, 3.8) is 0 Å². The average molecular weight is 706 g/mol. The van der Waals surface area contributed by atoms with Crippen molar-refractivity contribution in [3.05, 3.63) is 64.1 Å². The Morgan fingerprint density at radius 1 is 0.933 bits per heavy atom. The zero-order valence-electron chi connectivity index (χ0n) is 26.6. The molecule has 1 fully saturated rings. The highest BCUT2D eigenvalue weighted by Gasteiger charge is 2.32. The summed E-state index contributed by atoms with van der Waals surface area (Å²) in [7, 11) is 6.28. The largest absolute Gasteiger partial charge is 0.493 e. The van der Waals surface area contributed by atoms with E-state index in [1.165, 1.54) is 11.8 Å². The van der Waals surface area contributed by atoms with Crippen LogP contribution in [0, 0.1) is 0 Å². The number of hydrogen-bond donors (Lipinski definition) is 2. The molecule has 3 aromatic rings. The molecule has 12 heteroatoms. The van der Waals surface area contributed by atoms with Gasteiger partial charge in [0.1, 0.15) is 5.44 Å². The van der Waals surface area contributed by atoms with Gasteiger partial charge in [0.25, 0.3) is 0 Å². The highest BCUT2D eigenvalue weighted by Crippen LogP contribution is 2.48. The molecule has 1 saturated heterocycles. The number of anilines is 1. The molecule has 1 aliphatic rings. The highest BCUT2D eigenvalue weighted by molar-refractivity contribution is 9.10. The fraction of sp³-hybridized carbons (Fsp3) is 0.424. The van der Waals surface area contributed by atoms with Gasteiger partial charge in [-0.2, -0.15) is 0 Å². The van der Waals surface area contributed by atoms with E-state index in [1.54, 1.807) is 35.4 Å². The van der Waals surface area contributed by atoms with Crippen LogP contribution in [0.3, 0.4) is 0 Å². The van der Waals surface area contributed by atoms with Gasteiger partial charge < -0.3 is 33.7 Å². The maximum Gasteiger partial charge on any atom is 0.345 e. The van der Waals surface area contributed by atoms with E-state index in [0.717, 1.165) is 26.9 Å². The number of rotatable bonds is 13. The van der Waals surface area contributed by atoms with Crippen LogP contribution in [0.4, 0.5) is 10.5 Å². The average Bonchev–Trinajstić information content (AvgIpc) is 3.55. The van der Waals surface area contributed by atoms with Crippen LogP contribution in [0.15, 0.2) is 57.9 Å². The summed E-state index contributed by atoms with van der Waals surface area (Å²) in [5, 5.41) is 14.0. The number of methoxy groups -OCH3 is 4. The molecule has 0 bridgehead atoms. The Bertz CT molecular complexity index is 1430. The first-order valence-corrected chi connectivity index (χ1v) is 16.3. The summed E-state index contributed by atoms with van der Waals surface area (Å²) < 4.78 is 36.3. The summed E-state index contributed by atoms with van der Waals surface area (Å²) in [6, 6.07) is 14.3. The summed E-state index contributed by atoms with van der Waals surface area (Å²) in [6.07, 6.45) is 1.50. The first-order valence-electron chi connectivity index (χ1n) is 14.7. The number of nitrogens with one attached hydrogen (secondary N) is 1. The number of carbonyl (C=O) groups excluding carboxylic acids is 1. The van der Waals surface area contributed by atoms with Gasteiger partial charge in [0.05, 0.1) is 52.4 Å². The topological polar surface area (TPSA) is 108 Å². The molecular weight excluding hydrogens is 664 g/mol. The number of urea groups is 1. The lowest BCUT2D eigenvalue weighted by Gasteiger charge is -2.25. The standard InChI is InChI=1S/C33H41BrN2O8S/c1-8-19(2)36(38)33(37)35-25-15-21(16-28(39-4)31(25)43-20(3)45-24-11-9-23(34)10-12-24)26-13-14-27(44-26)22-17-29(40-5)32(42-7)30(18-22)41-6/h9-12,15-20,26-27,38H,8,13-14H2,1-7H3,(H,35,37). The first kappa shape index (κ1) is 34.6. The summed E-state index contributed by atoms with van der Waals surface area (Å²) in [5.74, 6) is 2.40. The second-order valence-corrected chi connectivity index (χ2v) is 12.8. The molecule has 1 heterocycles. The molecule has 4 unspecified atom stereocenters. The summed E-state index contributed by atoms with van der Waals surface area (Å²) in [4.78, 5) is 14.1. The number of hydroxylamine groups is 2. The van der Waals surface area contributed by atoms with Crippen LogP contribution in [-0.4, -0.2) is 56.2 Å². The van der Waals surface area contributed by atoms with Gasteiger partial charge in [-0.1, -0.05) is 34.6 Å². The summed E-state index contributed by atoms with van der Waals surface area (Å²) in [5.41, 5.74) is 1.72. The minimum atomic E-state index is -0.677. The molecule has 2 N–H and O–H groups in total. The fourth-order valence-corrected chi connectivity index (χ4v) is 6.12. The number of ether oxygens (including phenoxy) is 6. The molecule has 0 spiro atoms. The van der Waals surface area contributed by atoms with Gasteiger partial charge in [-0.25, -0.2) is 9.86 Å². The summed E-state index contributed by atoms with van der Waals surface area (Å²) in [6.45, 7) is 5.58. The lowest BCUT2D eigenvalue weighted by atomic mass is 10.0. The first-order chi connectivity index (χ1) is 21.6. The smallest absolute Gasteiger partial charge is 0.345 e. The Morgan fingerprint density at radius 2 is 1.47 bits per heavy atom. The van der Waals surface area contributed by atoms with Gasteiger partial charge in [0.15, 0.2) is 23.0 Å². The monoisotopic (exact) mass is 704 g/mol. The molecule has 1 aliphatic heterocycles.